The first kappa shape index (κ1) is 18.9. The Balaban J connectivity index is 1.49. The van der Waals surface area contributed by atoms with Crippen LogP contribution in [0.15, 0.2) is 24.3 Å². The van der Waals surface area contributed by atoms with Gasteiger partial charge in [-0.1, -0.05) is 31.2 Å². The lowest BCUT2D eigenvalue weighted by molar-refractivity contribution is -0.132. The minimum atomic E-state index is -0.241. The first-order valence-electron chi connectivity index (χ1n) is 9.84. The normalized spacial score (nSPS) is 24.0. The summed E-state index contributed by atoms with van der Waals surface area (Å²) in [6, 6.07) is 8.20. The number of carbonyl (C=O) groups excluding carboxylic acids is 2. The van der Waals surface area contributed by atoms with Gasteiger partial charge in [-0.3, -0.25) is 9.59 Å². The maximum Gasteiger partial charge on any atom is 0.226 e. The van der Waals surface area contributed by atoms with E-state index in [9.17, 15) is 9.59 Å². The van der Waals surface area contributed by atoms with E-state index in [-0.39, 0.29) is 23.8 Å². The quantitative estimate of drug-likeness (QED) is 0.848. The molecule has 2 atom stereocenters. The highest BCUT2D eigenvalue weighted by Crippen LogP contribution is 2.30. The lowest BCUT2D eigenvalue weighted by Crippen LogP contribution is -2.41. The van der Waals surface area contributed by atoms with E-state index >= 15 is 0 Å². The Bertz CT molecular complexity index is 638. The summed E-state index contributed by atoms with van der Waals surface area (Å²) in [7, 11) is 0. The third-order valence-electron chi connectivity index (χ3n) is 5.95. The van der Waals surface area contributed by atoms with Crippen LogP contribution in [-0.4, -0.2) is 42.5 Å². The molecule has 2 N–H and O–H groups in total. The van der Waals surface area contributed by atoms with Crippen LogP contribution in [0.1, 0.15) is 43.7 Å². The molecule has 26 heavy (non-hydrogen) atoms. The number of hydrogen-bond acceptors (Lipinski definition) is 3. The standard InChI is InChI=1S/C21H30N2O3/c1-2-16-5-3-4-6-17(16)14-20(24)23-10-7-15(8-11-23)13-19-18(21(22)25)9-12-26-19/h3-6,15,18-19H,2,7-14H2,1H3,(H2,22,25)/t18-,19-/m1/s1. The topological polar surface area (TPSA) is 72.6 Å². The van der Waals surface area contributed by atoms with Gasteiger partial charge in [0.2, 0.25) is 11.8 Å². The second-order valence-corrected chi connectivity index (χ2v) is 7.57. The first-order chi connectivity index (χ1) is 12.6. The third-order valence-corrected chi connectivity index (χ3v) is 5.95. The lowest BCUT2D eigenvalue weighted by Gasteiger charge is -2.33. The van der Waals surface area contributed by atoms with Crippen molar-refractivity contribution in [1.29, 1.82) is 0 Å². The van der Waals surface area contributed by atoms with Gasteiger partial charge in [-0.05, 0) is 49.1 Å². The van der Waals surface area contributed by atoms with Crippen LogP contribution >= 0.6 is 0 Å². The maximum atomic E-state index is 12.7. The highest BCUT2D eigenvalue weighted by molar-refractivity contribution is 5.79. The van der Waals surface area contributed by atoms with Crippen molar-refractivity contribution in [1.82, 2.24) is 4.90 Å². The summed E-state index contributed by atoms with van der Waals surface area (Å²) >= 11 is 0. The lowest BCUT2D eigenvalue weighted by atomic mass is 9.86. The SMILES string of the molecule is CCc1ccccc1CC(=O)N1CCC(C[C@H]2OCC[C@H]2C(N)=O)CC1. The number of nitrogens with two attached hydrogens (primary N) is 1. The average Bonchev–Trinajstić information content (AvgIpc) is 3.11. The summed E-state index contributed by atoms with van der Waals surface area (Å²) in [5, 5.41) is 0. The Kier molecular flexibility index (Phi) is 6.30. The molecule has 2 aliphatic rings. The smallest absolute Gasteiger partial charge is 0.226 e. The van der Waals surface area contributed by atoms with Gasteiger partial charge in [0.05, 0.1) is 18.4 Å². The van der Waals surface area contributed by atoms with Crippen molar-refractivity contribution in [3.63, 3.8) is 0 Å². The van der Waals surface area contributed by atoms with Crippen LogP contribution < -0.4 is 5.73 Å². The molecule has 0 aliphatic carbocycles. The number of benzene rings is 1. The van der Waals surface area contributed by atoms with E-state index in [0.717, 1.165) is 50.8 Å². The van der Waals surface area contributed by atoms with Crippen LogP contribution in [0.3, 0.4) is 0 Å². The molecule has 0 saturated carbocycles. The second-order valence-electron chi connectivity index (χ2n) is 7.57. The molecule has 1 aromatic rings. The predicted molar refractivity (Wildman–Crippen MR) is 100 cm³/mol. The molecule has 2 aliphatic heterocycles. The summed E-state index contributed by atoms with van der Waals surface area (Å²) in [6.07, 6.45) is 5.00. The number of hydrogen-bond donors (Lipinski definition) is 1. The van der Waals surface area contributed by atoms with Gasteiger partial charge < -0.3 is 15.4 Å². The molecule has 142 valence electrons. The third kappa shape index (κ3) is 4.44. The number of primary amides is 1. The van der Waals surface area contributed by atoms with Crippen molar-refractivity contribution >= 4 is 11.8 Å². The van der Waals surface area contributed by atoms with Gasteiger partial charge in [-0.15, -0.1) is 0 Å². The van der Waals surface area contributed by atoms with E-state index in [1.807, 2.05) is 17.0 Å². The molecule has 0 bridgehead atoms. The van der Waals surface area contributed by atoms with Gasteiger partial charge in [0.15, 0.2) is 0 Å². The molecule has 0 unspecified atom stereocenters. The van der Waals surface area contributed by atoms with Crippen LogP contribution in [-0.2, 0) is 27.2 Å². The molecular weight excluding hydrogens is 328 g/mol. The van der Waals surface area contributed by atoms with Crippen LogP contribution in [0.2, 0.25) is 0 Å². The Morgan fingerprint density at radius 3 is 2.50 bits per heavy atom. The highest BCUT2D eigenvalue weighted by atomic mass is 16.5. The predicted octanol–water partition coefficient (Wildman–Crippen LogP) is 2.31. The van der Waals surface area contributed by atoms with E-state index in [1.54, 1.807) is 0 Å². The van der Waals surface area contributed by atoms with Crippen LogP contribution in [0.4, 0.5) is 0 Å². The highest BCUT2D eigenvalue weighted by Gasteiger charge is 2.35. The summed E-state index contributed by atoms with van der Waals surface area (Å²) < 4.78 is 5.73. The van der Waals surface area contributed by atoms with Crippen molar-refractivity contribution in [2.75, 3.05) is 19.7 Å². The van der Waals surface area contributed by atoms with E-state index in [0.29, 0.717) is 18.9 Å². The zero-order valence-electron chi connectivity index (χ0n) is 15.7. The number of ether oxygens (including phenoxy) is 1. The minimum absolute atomic E-state index is 0.0313. The molecule has 5 nitrogen and oxygen atoms in total. The zero-order chi connectivity index (χ0) is 18.5. The van der Waals surface area contributed by atoms with Crippen molar-refractivity contribution in [3.05, 3.63) is 35.4 Å². The summed E-state index contributed by atoms with van der Waals surface area (Å²) in [6.45, 7) is 4.35. The number of carbonyl (C=O) groups is 2. The largest absolute Gasteiger partial charge is 0.377 e. The van der Waals surface area contributed by atoms with E-state index in [2.05, 4.69) is 19.1 Å². The number of nitrogens with zero attached hydrogens (tertiary/aromatic N) is 1. The molecule has 0 radical (unpaired) electrons. The molecular formula is C21H30N2O3. The van der Waals surface area contributed by atoms with Crippen LogP contribution in [0, 0.1) is 11.8 Å². The number of amides is 2. The fourth-order valence-electron chi connectivity index (χ4n) is 4.30. The molecule has 2 amide bonds. The van der Waals surface area contributed by atoms with Crippen molar-refractivity contribution in [3.8, 4) is 0 Å². The van der Waals surface area contributed by atoms with Gasteiger partial charge >= 0.3 is 0 Å². The van der Waals surface area contributed by atoms with Crippen LogP contribution in [0.5, 0.6) is 0 Å². The van der Waals surface area contributed by atoms with Gasteiger partial charge in [0.25, 0.3) is 0 Å². The monoisotopic (exact) mass is 358 g/mol. The van der Waals surface area contributed by atoms with E-state index in [4.69, 9.17) is 10.5 Å². The minimum Gasteiger partial charge on any atom is -0.377 e. The number of piperidine rings is 1. The fourth-order valence-corrected chi connectivity index (χ4v) is 4.30. The van der Waals surface area contributed by atoms with Crippen molar-refractivity contribution in [2.45, 2.75) is 51.6 Å². The average molecular weight is 358 g/mol. The van der Waals surface area contributed by atoms with Gasteiger partial charge in [0, 0.05) is 19.7 Å². The summed E-state index contributed by atoms with van der Waals surface area (Å²) in [5.74, 6) is 0.346. The number of rotatable bonds is 6. The maximum absolute atomic E-state index is 12.7. The Morgan fingerprint density at radius 1 is 1.15 bits per heavy atom. The summed E-state index contributed by atoms with van der Waals surface area (Å²) in [5.41, 5.74) is 7.88. The van der Waals surface area contributed by atoms with Gasteiger partial charge in [0.1, 0.15) is 0 Å². The van der Waals surface area contributed by atoms with Crippen molar-refractivity contribution < 1.29 is 14.3 Å². The summed E-state index contributed by atoms with van der Waals surface area (Å²) in [4.78, 5) is 26.2. The Hall–Kier alpha value is -1.88. The number of aryl methyl sites for hydroxylation is 1. The Labute approximate surface area is 155 Å². The fraction of sp³-hybridized carbons (Fsp3) is 0.619. The Morgan fingerprint density at radius 2 is 1.85 bits per heavy atom. The van der Waals surface area contributed by atoms with Gasteiger partial charge in [-0.2, -0.15) is 0 Å². The van der Waals surface area contributed by atoms with E-state index in [1.165, 1.54) is 5.56 Å². The molecule has 0 aromatic heterocycles. The molecule has 2 heterocycles. The second kappa shape index (κ2) is 8.67. The molecule has 5 heteroatoms. The molecule has 2 fully saturated rings. The van der Waals surface area contributed by atoms with Crippen molar-refractivity contribution in [2.24, 2.45) is 17.6 Å². The van der Waals surface area contributed by atoms with Gasteiger partial charge in [-0.25, -0.2) is 0 Å². The van der Waals surface area contributed by atoms with Crippen LogP contribution in [0.25, 0.3) is 0 Å². The van der Waals surface area contributed by atoms with E-state index < -0.39 is 0 Å². The number of likely N-dealkylation sites (tertiary alicyclic amines) is 1. The molecule has 3 rings (SSSR count). The molecule has 0 spiro atoms. The molecule has 1 aromatic carbocycles. The molecule has 2 saturated heterocycles. The first-order valence-corrected chi connectivity index (χ1v) is 9.84. The zero-order valence-corrected chi connectivity index (χ0v) is 15.7.